The van der Waals surface area contributed by atoms with Crippen LogP contribution in [0.15, 0.2) is 59.8 Å². The zero-order valence-corrected chi connectivity index (χ0v) is 12.3. The number of nitrogens with zero attached hydrogens (tertiary/aromatic N) is 2. The van der Waals surface area contributed by atoms with Crippen LogP contribution in [-0.4, -0.2) is 15.7 Å². The molecule has 4 rings (SSSR count). The largest absolute Gasteiger partial charge is 0.363 e. The summed E-state index contributed by atoms with van der Waals surface area (Å²) in [7, 11) is 0. The van der Waals surface area contributed by atoms with E-state index in [9.17, 15) is 0 Å². The predicted octanol–water partition coefficient (Wildman–Crippen LogP) is 4.28. The van der Waals surface area contributed by atoms with Gasteiger partial charge in [-0.15, -0.1) is 11.8 Å². The van der Waals surface area contributed by atoms with Gasteiger partial charge in [-0.3, -0.25) is 0 Å². The fourth-order valence-electron chi connectivity index (χ4n) is 2.78. The molecule has 2 heterocycles. The van der Waals surface area contributed by atoms with Gasteiger partial charge in [-0.1, -0.05) is 30.3 Å². The van der Waals surface area contributed by atoms with Crippen molar-refractivity contribution in [2.75, 3.05) is 11.1 Å². The maximum atomic E-state index is 4.44. The van der Waals surface area contributed by atoms with E-state index in [4.69, 9.17) is 0 Å². The third kappa shape index (κ3) is 2.36. The van der Waals surface area contributed by atoms with E-state index >= 15 is 0 Å². The van der Waals surface area contributed by atoms with Crippen LogP contribution >= 0.6 is 11.8 Å². The standard InChI is InChI=1S/C17H15N3S/c1-3-7-14-13(6-1)17(19-11-18-14)20-15-9-10-21-16-8-4-2-5-12(15)16/h1-8,11,15H,9-10H2,(H,18,19,20). The SMILES string of the molecule is c1ccc2c(c1)SCCC2Nc1ncnc2ccccc12. The summed E-state index contributed by atoms with van der Waals surface area (Å²) in [4.78, 5) is 10.1. The van der Waals surface area contributed by atoms with E-state index in [1.54, 1.807) is 6.33 Å². The third-order valence-electron chi connectivity index (χ3n) is 3.81. The second-order valence-corrected chi connectivity index (χ2v) is 6.25. The van der Waals surface area contributed by atoms with E-state index in [0.717, 1.165) is 28.9 Å². The van der Waals surface area contributed by atoms with Gasteiger partial charge in [0.2, 0.25) is 0 Å². The molecule has 1 unspecified atom stereocenters. The molecule has 4 heteroatoms. The Hall–Kier alpha value is -2.07. The van der Waals surface area contributed by atoms with Gasteiger partial charge in [-0.2, -0.15) is 0 Å². The van der Waals surface area contributed by atoms with Crippen molar-refractivity contribution in [2.24, 2.45) is 0 Å². The lowest BCUT2D eigenvalue weighted by atomic mass is 10.0. The lowest BCUT2D eigenvalue weighted by molar-refractivity contribution is 0.725. The monoisotopic (exact) mass is 293 g/mol. The Morgan fingerprint density at radius 3 is 2.86 bits per heavy atom. The van der Waals surface area contributed by atoms with E-state index in [0.29, 0.717) is 6.04 Å². The molecule has 0 bridgehead atoms. The number of aromatic nitrogens is 2. The topological polar surface area (TPSA) is 37.8 Å². The molecule has 104 valence electrons. The Morgan fingerprint density at radius 2 is 1.86 bits per heavy atom. The summed E-state index contributed by atoms with van der Waals surface area (Å²) >= 11 is 1.93. The Kier molecular flexibility index (Phi) is 3.24. The van der Waals surface area contributed by atoms with Crippen molar-refractivity contribution in [3.05, 3.63) is 60.4 Å². The van der Waals surface area contributed by atoms with Crippen LogP contribution in [0.25, 0.3) is 10.9 Å². The minimum absolute atomic E-state index is 0.320. The van der Waals surface area contributed by atoms with Crippen molar-refractivity contribution in [1.82, 2.24) is 9.97 Å². The quantitative estimate of drug-likeness (QED) is 0.765. The highest BCUT2D eigenvalue weighted by Gasteiger charge is 2.21. The van der Waals surface area contributed by atoms with Crippen molar-refractivity contribution in [3.8, 4) is 0 Å². The third-order valence-corrected chi connectivity index (χ3v) is 4.93. The first-order valence-electron chi connectivity index (χ1n) is 7.10. The molecule has 21 heavy (non-hydrogen) atoms. The molecule has 0 spiro atoms. The number of benzene rings is 2. The highest BCUT2D eigenvalue weighted by molar-refractivity contribution is 7.99. The first-order chi connectivity index (χ1) is 10.4. The summed E-state index contributed by atoms with van der Waals surface area (Å²) < 4.78 is 0. The number of fused-ring (bicyclic) bond motifs is 2. The van der Waals surface area contributed by atoms with Crippen molar-refractivity contribution in [1.29, 1.82) is 0 Å². The summed E-state index contributed by atoms with van der Waals surface area (Å²) in [6, 6.07) is 17.1. The molecule has 0 fully saturated rings. The zero-order valence-electron chi connectivity index (χ0n) is 11.5. The van der Waals surface area contributed by atoms with Gasteiger partial charge in [0.1, 0.15) is 12.1 Å². The molecule has 2 aromatic carbocycles. The van der Waals surface area contributed by atoms with E-state index in [1.807, 2.05) is 30.0 Å². The summed E-state index contributed by atoms with van der Waals surface area (Å²) in [6.45, 7) is 0. The van der Waals surface area contributed by atoms with Crippen LogP contribution in [-0.2, 0) is 0 Å². The summed E-state index contributed by atoms with van der Waals surface area (Å²) in [5.41, 5.74) is 2.35. The van der Waals surface area contributed by atoms with Crippen LogP contribution in [0.3, 0.4) is 0 Å². The molecule has 1 aliphatic rings. The van der Waals surface area contributed by atoms with Gasteiger partial charge in [-0.05, 0) is 30.2 Å². The number of para-hydroxylation sites is 1. The second-order valence-electron chi connectivity index (χ2n) is 5.11. The van der Waals surface area contributed by atoms with Crippen LogP contribution in [0, 0.1) is 0 Å². The fraction of sp³-hybridized carbons (Fsp3) is 0.176. The van der Waals surface area contributed by atoms with Gasteiger partial charge < -0.3 is 5.32 Å². The summed E-state index contributed by atoms with van der Waals surface area (Å²) in [5, 5.41) is 4.69. The molecule has 0 saturated carbocycles. The maximum absolute atomic E-state index is 4.44. The molecular weight excluding hydrogens is 278 g/mol. The number of nitrogens with one attached hydrogen (secondary N) is 1. The lowest BCUT2D eigenvalue weighted by Gasteiger charge is -2.26. The highest BCUT2D eigenvalue weighted by Crippen LogP contribution is 2.38. The van der Waals surface area contributed by atoms with Gasteiger partial charge in [-0.25, -0.2) is 9.97 Å². The van der Waals surface area contributed by atoms with Crippen LogP contribution in [0.4, 0.5) is 5.82 Å². The minimum atomic E-state index is 0.320. The highest BCUT2D eigenvalue weighted by atomic mass is 32.2. The maximum Gasteiger partial charge on any atom is 0.137 e. The van der Waals surface area contributed by atoms with Crippen LogP contribution in [0.5, 0.6) is 0 Å². The first kappa shape index (κ1) is 12.7. The zero-order chi connectivity index (χ0) is 14.1. The van der Waals surface area contributed by atoms with Crippen LogP contribution in [0.1, 0.15) is 18.0 Å². The molecule has 3 nitrogen and oxygen atoms in total. The van der Waals surface area contributed by atoms with Crippen molar-refractivity contribution < 1.29 is 0 Å². The van der Waals surface area contributed by atoms with Crippen LogP contribution in [0.2, 0.25) is 0 Å². The Morgan fingerprint density at radius 1 is 1.00 bits per heavy atom. The number of thioether (sulfide) groups is 1. The predicted molar refractivity (Wildman–Crippen MR) is 87.7 cm³/mol. The Balaban J connectivity index is 1.73. The molecular formula is C17H15N3S. The molecule has 1 N–H and O–H groups in total. The van der Waals surface area contributed by atoms with E-state index < -0.39 is 0 Å². The Labute approximate surface area is 127 Å². The average Bonchev–Trinajstić information content (AvgIpc) is 2.56. The average molecular weight is 293 g/mol. The van der Waals surface area contributed by atoms with Crippen molar-refractivity contribution in [2.45, 2.75) is 17.4 Å². The normalized spacial score (nSPS) is 17.4. The lowest BCUT2D eigenvalue weighted by Crippen LogP contribution is -2.17. The van der Waals surface area contributed by atoms with Gasteiger partial charge in [0.05, 0.1) is 11.6 Å². The molecule has 0 saturated heterocycles. The molecule has 1 atom stereocenters. The first-order valence-corrected chi connectivity index (χ1v) is 8.08. The van der Waals surface area contributed by atoms with E-state index in [1.165, 1.54) is 10.5 Å². The molecule has 0 radical (unpaired) electrons. The number of hydrogen-bond acceptors (Lipinski definition) is 4. The molecule has 1 aromatic heterocycles. The van der Waals surface area contributed by atoms with Crippen LogP contribution < -0.4 is 5.32 Å². The fourth-order valence-corrected chi connectivity index (χ4v) is 3.90. The van der Waals surface area contributed by atoms with Gasteiger partial charge in [0.15, 0.2) is 0 Å². The molecule has 3 aromatic rings. The van der Waals surface area contributed by atoms with Crippen molar-refractivity contribution >= 4 is 28.5 Å². The number of hydrogen-bond donors (Lipinski definition) is 1. The summed E-state index contributed by atoms with van der Waals surface area (Å²) in [5.74, 6) is 2.06. The van der Waals surface area contributed by atoms with E-state index in [2.05, 4.69) is 45.6 Å². The number of rotatable bonds is 2. The summed E-state index contributed by atoms with van der Waals surface area (Å²) in [6.07, 6.45) is 2.74. The smallest absolute Gasteiger partial charge is 0.137 e. The second kappa shape index (κ2) is 5.37. The van der Waals surface area contributed by atoms with Crippen molar-refractivity contribution in [3.63, 3.8) is 0 Å². The molecule has 0 aliphatic carbocycles. The molecule has 0 amide bonds. The minimum Gasteiger partial charge on any atom is -0.363 e. The molecule has 1 aliphatic heterocycles. The van der Waals surface area contributed by atoms with Gasteiger partial charge in [0, 0.05) is 16.0 Å². The Bertz CT molecular complexity index is 782. The number of anilines is 1. The van der Waals surface area contributed by atoms with E-state index in [-0.39, 0.29) is 0 Å². The van der Waals surface area contributed by atoms with Gasteiger partial charge >= 0.3 is 0 Å². The van der Waals surface area contributed by atoms with Gasteiger partial charge in [0.25, 0.3) is 0 Å².